The molecule has 0 aromatic carbocycles. The summed E-state index contributed by atoms with van der Waals surface area (Å²) in [6.07, 6.45) is 5.63. The highest BCUT2D eigenvalue weighted by Gasteiger charge is 2.24. The van der Waals surface area contributed by atoms with Crippen molar-refractivity contribution in [2.75, 3.05) is 51.3 Å². The van der Waals surface area contributed by atoms with E-state index in [1.54, 1.807) is 0 Å². The van der Waals surface area contributed by atoms with E-state index in [2.05, 4.69) is 17.1 Å². The van der Waals surface area contributed by atoms with E-state index in [0.717, 1.165) is 68.6 Å². The fourth-order valence-electron chi connectivity index (χ4n) is 4.10. The molecule has 1 fully saturated rings. The van der Waals surface area contributed by atoms with E-state index in [0.29, 0.717) is 13.1 Å². The molecular weight excluding hydrogens is 386 g/mol. The number of nitrogens with zero attached hydrogens (tertiary/aromatic N) is 4. The summed E-state index contributed by atoms with van der Waals surface area (Å²) in [7, 11) is 1.97. The van der Waals surface area contributed by atoms with Crippen molar-refractivity contribution >= 4 is 33.3 Å². The van der Waals surface area contributed by atoms with E-state index >= 15 is 0 Å². The second-order valence-electron chi connectivity index (χ2n) is 7.95. The molecule has 2 aromatic rings. The standard InChI is InChI=1S/C21H31N5O2S/c1-3-8-22-18(27)14-25(2)20-19-15-6-4-5-7-16(15)29-21(19)24-17(23-20)13-26-9-11-28-12-10-26/h3-14H2,1-2H3,(H,22,27). The number of morpholine rings is 1. The highest BCUT2D eigenvalue weighted by Crippen LogP contribution is 2.39. The van der Waals surface area contributed by atoms with Crippen LogP contribution >= 0.6 is 11.3 Å². The Kier molecular flexibility index (Phi) is 6.62. The third kappa shape index (κ3) is 4.70. The van der Waals surface area contributed by atoms with Gasteiger partial charge in [-0.05, 0) is 37.7 Å². The number of nitrogens with one attached hydrogen (secondary N) is 1. The van der Waals surface area contributed by atoms with Gasteiger partial charge in [0.2, 0.25) is 5.91 Å². The van der Waals surface area contributed by atoms with E-state index in [1.165, 1.54) is 28.7 Å². The SMILES string of the molecule is CCCNC(=O)CN(C)c1nc(CN2CCOCC2)nc2sc3c(c12)CCCC3. The number of hydrogen-bond donors (Lipinski definition) is 1. The number of aromatic nitrogens is 2. The summed E-state index contributed by atoms with van der Waals surface area (Å²) >= 11 is 1.82. The molecule has 4 rings (SSSR count). The van der Waals surface area contributed by atoms with Crippen molar-refractivity contribution in [1.29, 1.82) is 0 Å². The molecule has 0 saturated carbocycles. The molecule has 8 heteroatoms. The van der Waals surface area contributed by atoms with Gasteiger partial charge in [-0.3, -0.25) is 9.69 Å². The number of fused-ring (bicyclic) bond motifs is 3. The third-order valence-corrected chi connectivity index (χ3v) is 6.81. The van der Waals surface area contributed by atoms with Crippen molar-refractivity contribution in [3.8, 4) is 0 Å². The number of anilines is 1. The van der Waals surface area contributed by atoms with Gasteiger partial charge in [0.1, 0.15) is 16.5 Å². The normalized spacial score (nSPS) is 17.3. The molecule has 0 radical (unpaired) electrons. The summed E-state index contributed by atoms with van der Waals surface area (Å²) in [5.41, 5.74) is 1.41. The molecule has 0 unspecified atom stereocenters. The lowest BCUT2D eigenvalue weighted by molar-refractivity contribution is -0.119. The van der Waals surface area contributed by atoms with Gasteiger partial charge >= 0.3 is 0 Å². The first-order chi connectivity index (χ1) is 14.2. The molecule has 158 valence electrons. The number of carbonyl (C=O) groups excluding carboxylic acids is 1. The molecule has 2 aliphatic rings. The van der Waals surface area contributed by atoms with Crippen molar-refractivity contribution < 1.29 is 9.53 Å². The molecule has 29 heavy (non-hydrogen) atoms. The van der Waals surface area contributed by atoms with Crippen LogP contribution in [0.25, 0.3) is 10.2 Å². The van der Waals surface area contributed by atoms with E-state index in [1.807, 2.05) is 23.3 Å². The summed E-state index contributed by atoms with van der Waals surface area (Å²) in [6.45, 7) is 7.16. The molecule has 1 aliphatic carbocycles. The van der Waals surface area contributed by atoms with Gasteiger partial charge in [0, 0.05) is 31.6 Å². The van der Waals surface area contributed by atoms with Crippen LogP contribution in [0.2, 0.25) is 0 Å². The van der Waals surface area contributed by atoms with Crippen LogP contribution in [0.5, 0.6) is 0 Å². The fraction of sp³-hybridized carbons (Fsp3) is 0.667. The molecule has 1 saturated heterocycles. The van der Waals surface area contributed by atoms with Crippen molar-refractivity contribution in [2.24, 2.45) is 0 Å². The summed E-state index contributed by atoms with van der Waals surface area (Å²) in [6, 6.07) is 0. The predicted octanol–water partition coefficient (Wildman–Crippen LogP) is 2.36. The lowest BCUT2D eigenvalue weighted by Gasteiger charge is -2.26. The molecule has 0 spiro atoms. The first-order valence-corrected chi connectivity index (χ1v) is 11.6. The van der Waals surface area contributed by atoms with Gasteiger partial charge < -0.3 is 15.0 Å². The minimum Gasteiger partial charge on any atom is -0.379 e. The van der Waals surface area contributed by atoms with Crippen molar-refractivity contribution in [2.45, 2.75) is 45.6 Å². The number of ether oxygens (including phenoxy) is 1. The largest absolute Gasteiger partial charge is 0.379 e. The number of rotatable bonds is 7. The maximum absolute atomic E-state index is 12.3. The van der Waals surface area contributed by atoms with Gasteiger partial charge in [-0.2, -0.15) is 0 Å². The number of likely N-dealkylation sites (N-methyl/N-ethyl adjacent to an activating group) is 1. The highest BCUT2D eigenvalue weighted by atomic mass is 32.1. The number of carbonyl (C=O) groups is 1. The summed E-state index contributed by atoms with van der Waals surface area (Å²) in [5, 5.41) is 4.14. The number of aryl methyl sites for hydroxylation is 2. The molecule has 2 aromatic heterocycles. The topological polar surface area (TPSA) is 70.6 Å². The molecule has 7 nitrogen and oxygen atoms in total. The number of hydrogen-bond acceptors (Lipinski definition) is 7. The van der Waals surface area contributed by atoms with Crippen LogP contribution in [0, 0.1) is 0 Å². The minimum atomic E-state index is 0.0416. The second-order valence-corrected chi connectivity index (χ2v) is 9.03. The van der Waals surface area contributed by atoms with Crippen LogP contribution in [0.1, 0.15) is 42.5 Å². The second kappa shape index (κ2) is 9.36. The Balaban J connectivity index is 1.66. The zero-order valence-corrected chi connectivity index (χ0v) is 18.3. The Morgan fingerprint density at radius 2 is 2.03 bits per heavy atom. The maximum Gasteiger partial charge on any atom is 0.239 e. The smallest absolute Gasteiger partial charge is 0.239 e. The third-order valence-electron chi connectivity index (χ3n) is 5.63. The van der Waals surface area contributed by atoms with Gasteiger partial charge in [0.25, 0.3) is 0 Å². The van der Waals surface area contributed by atoms with Crippen molar-refractivity contribution in [3.63, 3.8) is 0 Å². The Morgan fingerprint density at radius 1 is 1.24 bits per heavy atom. The predicted molar refractivity (Wildman–Crippen MR) is 117 cm³/mol. The van der Waals surface area contributed by atoms with Gasteiger partial charge in [-0.15, -0.1) is 11.3 Å². The lowest BCUT2D eigenvalue weighted by Crippen LogP contribution is -2.37. The van der Waals surface area contributed by atoms with Crippen LogP contribution in [0.3, 0.4) is 0 Å². The van der Waals surface area contributed by atoms with E-state index in [4.69, 9.17) is 14.7 Å². The van der Waals surface area contributed by atoms with Gasteiger partial charge in [-0.1, -0.05) is 6.92 Å². The molecular formula is C21H31N5O2S. The summed E-state index contributed by atoms with van der Waals surface area (Å²) in [5.74, 6) is 1.79. The summed E-state index contributed by atoms with van der Waals surface area (Å²) < 4.78 is 5.47. The minimum absolute atomic E-state index is 0.0416. The zero-order valence-electron chi connectivity index (χ0n) is 17.5. The first kappa shape index (κ1) is 20.5. The van der Waals surface area contributed by atoms with Crippen molar-refractivity contribution in [3.05, 3.63) is 16.3 Å². The fourth-order valence-corrected chi connectivity index (χ4v) is 5.37. The Morgan fingerprint density at radius 3 is 2.83 bits per heavy atom. The maximum atomic E-state index is 12.3. The Labute approximate surface area is 176 Å². The Hall–Kier alpha value is -1.77. The molecule has 0 bridgehead atoms. The zero-order chi connectivity index (χ0) is 20.2. The van der Waals surface area contributed by atoms with E-state index < -0.39 is 0 Å². The summed E-state index contributed by atoms with van der Waals surface area (Å²) in [4.78, 5) is 29.1. The van der Waals surface area contributed by atoms with Gasteiger partial charge in [0.15, 0.2) is 0 Å². The number of amides is 1. The molecule has 1 aliphatic heterocycles. The first-order valence-electron chi connectivity index (χ1n) is 10.7. The highest BCUT2D eigenvalue weighted by molar-refractivity contribution is 7.19. The van der Waals surface area contributed by atoms with Crippen LogP contribution in [0.4, 0.5) is 5.82 Å². The van der Waals surface area contributed by atoms with E-state index in [9.17, 15) is 4.79 Å². The molecule has 3 heterocycles. The van der Waals surface area contributed by atoms with Crippen LogP contribution in [-0.2, 0) is 28.9 Å². The molecule has 0 atom stereocenters. The van der Waals surface area contributed by atoms with Crippen LogP contribution in [-0.4, -0.2) is 67.2 Å². The molecule has 1 N–H and O–H groups in total. The Bertz CT molecular complexity index is 862. The molecule has 1 amide bonds. The van der Waals surface area contributed by atoms with Crippen molar-refractivity contribution in [1.82, 2.24) is 20.2 Å². The van der Waals surface area contributed by atoms with Gasteiger partial charge in [-0.25, -0.2) is 9.97 Å². The average Bonchev–Trinajstić information content (AvgIpc) is 3.10. The monoisotopic (exact) mass is 417 g/mol. The van der Waals surface area contributed by atoms with Gasteiger partial charge in [0.05, 0.1) is 31.7 Å². The quantitative estimate of drug-likeness (QED) is 0.746. The van der Waals surface area contributed by atoms with Crippen LogP contribution in [0.15, 0.2) is 0 Å². The number of thiophene rings is 1. The van der Waals surface area contributed by atoms with E-state index in [-0.39, 0.29) is 5.91 Å². The lowest BCUT2D eigenvalue weighted by atomic mass is 9.97. The average molecular weight is 418 g/mol. The van der Waals surface area contributed by atoms with Crippen LogP contribution < -0.4 is 10.2 Å².